The summed E-state index contributed by atoms with van der Waals surface area (Å²) in [6.07, 6.45) is 0.355. The highest BCUT2D eigenvalue weighted by atomic mass is 16.2. The van der Waals surface area contributed by atoms with E-state index in [1.54, 1.807) is 6.07 Å². The first-order valence-electron chi connectivity index (χ1n) is 7.32. The molecule has 5 N–H and O–H groups in total. The van der Waals surface area contributed by atoms with E-state index in [1.807, 2.05) is 30.3 Å². The Bertz CT molecular complexity index is 1030. The second kappa shape index (κ2) is 5.02. The summed E-state index contributed by atoms with van der Waals surface area (Å²) in [5.74, 6) is -0.732. The Morgan fingerprint density at radius 2 is 2.00 bits per heavy atom. The van der Waals surface area contributed by atoms with Gasteiger partial charge in [0.25, 0.3) is 5.91 Å². The molecular formula is C17H13N5O2. The molecule has 0 unspecified atom stereocenters. The number of nitrogens with two attached hydrogens (primary N) is 2. The highest BCUT2D eigenvalue weighted by Gasteiger charge is 2.19. The predicted octanol–water partition coefficient (Wildman–Crippen LogP) is 1.47. The van der Waals surface area contributed by atoms with Crippen LogP contribution in [0.1, 0.15) is 16.1 Å². The first kappa shape index (κ1) is 14.1. The van der Waals surface area contributed by atoms with Crippen LogP contribution >= 0.6 is 0 Å². The zero-order valence-corrected chi connectivity index (χ0v) is 12.5. The maximum absolute atomic E-state index is 11.5. The van der Waals surface area contributed by atoms with Crippen molar-refractivity contribution in [3.63, 3.8) is 0 Å². The lowest BCUT2D eigenvalue weighted by Gasteiger charge is -2.10. The average Bonchev–Trinajstić information content (AvgIpc) is 2.93. The van der Waals surface area contributed by atoms with E-state index in [0.29, 0.717) is 17.3 Å². The number of amides is 2. The van der Waals surface area contributed by atoms with Crippen LogP contribution in [-0.2, 0) is 11.2 Å². The molecule has 7 heteroatoms. The van der Waals surface area contributed by atoms with Crippen LogP contribution in [0.2, 0.25) is 0 Å². The fourth-order valence-corrected chi connectivity index (χ4v) is 2.96. The highest BCUT2D eigenvalue weighted by Crippen LogP contribution is 2.33. The SMILES string of the molecule is NC(=O)c1nnc2c(-c3ccc4c(c3)CC(=O)N4)cccc2c1N. The van der Waals surface area contributed by atoms with Crippen molar-refractivity contribution in [2.75, 3.05) is 11.1 Å². The number of nitrogens with zero attached hydrogens (tertiary/aromatic N) is 2. The molecule has 0 fully saturated rings. The molecule has 7 nitrogen and oxygen atoms in total. The van der Waals surface area contributed by atoms with Gasteiger partial charge in [0.2, 0.25) is 5.91 Å². The summed E-state index contributed by atoms with van der Waals surface area (Å²) in [6, 6.07) is 11.2. The van der Waals surface area contributed by atoms with Crippen LogP contribution < -0.4 is 16.8 Å². The summed E-state index contributed by atoms with van der Waals surface area (Å²) in [5.41, 5.74) is 15.5. The van der Waals surface area contributed by atoms with Crippen LogP contribution in [-0.4, -0.2) is 22.0 Å². The van der Waals surface area contributed by atoms with Crippen molar-refractivity contribution in [3.05, 3.63) is 47.7 Å². The van der Waals surface area contributed by atoms with E-state index in [-0.39, 0.29) is 17.3 Å². The van der Waals surface area contributed by atoms with Crippen LogP contribution in [0.25, 0.3) is 22.0 Å². The number of benzene rings is 2. The minimum Gasteiger partial charge on any atom is -0.396 e. The van der Waals surface area contributed by atoms with E-state index < -0.39 is 5.91 Å². The number of primary amides is 1. The number of hydrogen-bond acceptors (Lipinski definition) is 5. The minimum atomic E-state index is -0.713. The molecule has 1 aromatic heterocycles. The lowest BCUT2D eigenvalue weighted by molar-refractivity contribution is -0.115. The Morgan fingerprint density at radius 3 is 2.79 bits per heavy atom. The van der Waals surface area contributed by atoms with Gasteiger partial charge in [0.05, 0.1) is 12.1 Å². The minimum absolute atomic E-state index is 0.0183. The van der Waals surface area contributed by atoms with Gasteiger partial charge in [0.15, 0.2) is 5.69 Å². The molecule has 0 saturated carbocycles. The van der Waals surface area contributed by atoms with E-state index in [0.717, 1.165) is 22.4 Å². The summed E-state index contributed by atoms with van der Waals surface area (Å²) in [4.78, 5) is 22.9. The number of carbonyl (C=O) groups excluding carboxylic acids is 2. The van der Waals surface area contributed by atoms with Gasteiger partial charge in [-0.05, 0) is 23.3 Å². The lowest BCUT2D eigenvalue weighted by atomic mass is 9.98. The smallest absolute Gasteiger partial charge is 0.271 e. The van der Waals surface area contributed by atoms with E-state index in [1.165, 1.54) is 0 Å². The van der Waals surface area contributed by atoms with Gasteiger partial charge in [-0.1, -0.05) is 24.3 Å². The number of rotatable bonds is 2. The molecule has 118 valence electrons. The first-order chi connectivity index (χ1) is 11.5. The first-order valence-corrected chi connectivity index (χ1v) is 7.32. The molecule has 0 aliphatic carbocycles. The van der Waals surface area contributed by atoms with E-state index >= 15 is 0 Å². The van der Waals surface area contributed by atoms with E-state index in [9.17, 15) is 9.59 Å². The lowest BCUT2D eigenvalue weighted by Crippen LogP contribution is -2.16. The van der Waals surface area contributed by atoms with Gasteiger partial charge in [0.1, 0.15) is 5.52 Å². The van der Waals surface area contributed by atoms with Crippen LogP contribution in [0.5, 0.6) is 0 Å². The Balaban J connectivity index is 1.92. The molecule has 0 spiro atoms. The molecule has 24 heavy (non-hydrogen) atoms. The molecule has 0 atom stereocenters. The molecular weight excluding hydrogens is 306 g/mol. The Morgan fingerprint density at radius 1 is 1.17 bits per heavy atom. The van der Waals surface area contributed by atoms with Gasteiger partial charge in [-0.3, -0.25) is 9.59 Å². The topological polar surface area (TPSA) is 124 Å². The molecule has 2 heterocycles. The summed E-state index contributed by atoms with van der Waals surface area (Å²) in [6.45, 7) is 0. The van der Waals surface area contributed by atoms with E-state index in [2.05, 4.69) is 15.5 Å². The Labute approximate surface area is 136 Å². The third kappa shape index (κ3) is 2.06. The number of hydrogen-bond donors (Lipinski definition) is 3. The second-order valence-corrected chi connectivity index (χ2v) is 5.63. The molecule has 2 aromatic carbocycles. The van der Waals surface area contributed by atoms with Crippen LogP contribution in [0, 0.1) is 0 Å². The number of carbonyl (C=O) groups is 2. The largest absolute Gasteiger partial charge is 0.396 e. The van der Waals surface area contributed by atoms with Gasteiger partial charge in [-0.2, -0.15) is 0 Å². The predicted molar refractivity (Wildman–Crippen MR) is 90.2 cm³/mol. The number of anilines is 2. The zero-order chi connectivity index (χ0) is 16.8. The standard InChI is InChI=1S/C17H13N5O2/c18-14-11-3-1-2-10(15(11)21-22-16(14)17(19)24)8-4-5-12-9(6-8)7-13(23)20-12/h1-6H,7H2,(H2,18,21)(H2,19,24)(H,20,23). The van der Waals surface area contributed by atoms with Gasteiger partial charge >= 0.3 is 0 Å². The molecule has 0 bridgehead atoms. The van der Waals surface area contributed by atoms with Crippen LogP contribution in [0.15, 0.2) is 36.4 Å². The quantitative estimate of drug-likeness (QED) is 0.660. The number of fused-ring (bicyclic) bond motifs is 2. The van der Waals surface area contributed by atoms with Crippen molar-refractivity contribution >= 4 is 34.1 Å². The Hall–Kier alpha value is -3.48. The monoisotopic (exact) mass is 319 g/mol. The molecule has 1 aliphatic heterocycles. The molecule has 0 saturated heterocycles. The zero-order valence-electron chi connectivity index (χ0n) is 12.5. The summed E-state index contributed by atoms with van der Waals surface area (Å²) >= 11 is 0. The van der Waals surface area contributed by atoms with Gasteiger partial charge in [0, 0.05) is 16.6 Å². The van der Waals surface area contributed by atoms with Crippen LogP contribution in [0.4, 0.5) is 11.4 Å². The van der Waals surface area contributed by atoms with Gasteiger partial charge in [-0.25, -0.2) is 0 Å². The molecule has 4 rings (SSSR count). The van der Waals surface area contributed by atoms with Crippen molar-refractivity contribution in [2.24, 2.45) is 5.73 Å². The number of nitrogen functional groups attached to an aromatic ring is 1. The summed E-state index contributed by atoms with van der Waals surface area (Å²) < 4.78 is 0. The molecule has 3 aromatic rings. The van der Waals surface area contributed by atoms with Crippen molar-refractivity contribution < 1.29 is 9.59 Å². The molecule has 1 aliphatic rings. The number of aromatic nitrogens is 2. The summed E-state index contributed by atoms with van der Waals surface area (Å²) in [7, 11) is 0. The van der Waals surface area contributed by atoms with Gasteiger partial charge < -0.3 is 16.8 Å². The van der Waals surface area contributed by atoms with Crippen molar-refractivity contribution in [1.82, 2.24) is 10.2 Å². The second-order valence-electron chi connectivity index (χ2n) is 5.63. The average molecular weight is 319 g/mol. The van der Waals surface area contributed by atoms with Crippen molar-refractivity contribution in [3.8, 4) is 11.1 Å². The third-order valence-corrected chi connectivity index (χ3v) is 4.11. The van der Waals surface area contributed by atoms with E-state index in [4.69, 9.17) is 11.5 Å². The molecule has 2 amide bonds. The molecule has 0 radical (unpaired) electrons. The third-order valence-electron chi connectivity index (χ3n) is 4.11. The van der Waals surface area contributed by atoms with Crippen molar-refractivity contribution in [2.45, 2.75) is 6.42 Å². The maximum atomic E-state index is 11.5. The summed E-state index contributed by atoms with van der Waals surface area (Å²) in [5, 5.41) is 11.4. The fraction of sp³-hybridized carbons (Fsp3) is 0.0588. The Kier molecular flexibility index (Phi) is 2.96. The normalized spacial score (nSPS) is 12.9. The number of nitrogens with one attached hydrogen (secondary N) is 1. The van der Waals surface area contributed by atoms with Gasteiger partial charge in [-0.15, -0.1) is 10.2 Å². The van der Waals surface area contributed by atoms with Crippen molar-refractivity contribution in [1.29, 1.82) is 0 Å². The van der Waals surface area contributed by atoms with Crippen LogP contribution in [0.3, 0.4) is 0 Å². The fourth-order valence-electron chi connectivity index (χ4n) is 2.96. The maximum Gasteiger partial charge on any atom is 0.271 e. The highest BCUT2D eigenvalue weighted by molar-refractivity contribution is 6.07.